The van der Waals surface area contributed by atoms with Crippen LogP contribution in [-0.2, 0) is 16.1 Å². The molecule has 0 bridgehead atoms. The van der Waals surface area contributed by atoms with Gasteiger partial charge < -0.3 is 10.1 Å². The van der Waals surface area contributed by atoms with Crippen molar-refractivity contribution in [1.82, 2.24) is 10.3 Å². The first-order chi connectivity index (χ1) is 10.2. The zero-order valence-corrected chi connectivity index (χ0v) is 12.4. The molecule has 0 saturated carbocycles. The van der Waals surface area contributed by atoms with Gasteiger partial charge in [-0.3, -0.25) is 9.78 Å². The van der Waals surface area contributed by atoms with Crippen molar-refractivity contribution in [2.45, 2.75) is 19.4 Å². The van der Waals surface area contributed by atoms with Gasteiger partial charge in [0.05, 0.1) is 13.0 Å². The van der Waals surface area contributed by atoms with Gasteiger partial charge in [-0.1, -0.05) is 36.4 Å². The molecule has 4 nitrogen and oxygen atoms in total. The first-order valence-electron chi connectivity index (χ1n) is 6.95. The van der Waals surface area contributed by atoms with E-state index in [0.717, 1.165) is 16.8 Å². The zero-order valence-electron chi connectivity index (χ0n) is 12.4. The average molecular weight is 284 g/mol. The van der Waals surface area contributed by atoms with E-state index in [0.29, 0.717) is 13.1 Å². The Hall–Kier alpha value is -2.20. The van der Waals surface area contributed by atoms with Gasteiger partial charge in [0, 0.05) is 25.0 Å². The van der Waals surface area contributed by atoms with Gasteiger partial charge in [0.1, 0.15) is 0 Å². The number of rotatable bonds is 6. The third kappa shape index (κ3) is 4.39. The number of nitrogens with zero attached hydrogens (tertiary/aromatic N) is 1. The van der Waals surface area contributed by atoms with Crippen molar-refractivity contribution in [3.8, 4) is 0 Å². The maximum Gasteiger partial charge on any atom is 0.314 e. The van der Waals surface area contributed by atoms with E-state index in [1.165, 1.54) is 7.11 Å². The maximum atomic E-state index is 11.9. The molecule has 21 heavy (non-hydrogen) atoms. The van der Waals surface area contributed by atoms with Crippen LogP contribution in [-0.4, -0.2) is 24.6 Å². The fraction of sp³-hybridized carbons (Fsp3) is 0.294. The molecule has 4 heteroatoms. The Morgan fingerprint density at radius 3 is 2.62 bits per heavy atom. The van der Waals surface area contributed by atoms with Crippen LogP contribution in [0.25, 0.3) is 0 Å². The lowest BCUT2D eigenvalue weighted by molar-refractivity contribution is -0.142. The number of benzene rings is 1. The minimum atomic E-state index is -0.297. The lowest BCUT2D eigenvalue weighted by Crippen LogP contribution is -2.27. The molecule has 2 rings (SSSR count). The van der Waals surface area contributed by atoms with E-state index in [1.807, 2.05) is 55.6 Å². The molecule has 1 heterocycles. The van der Waals surface area contributed by atoms with Crippen molar-refractivity contribution in [3.63, 3.8) is 0 Å². The Balaban J connectivity index is 1.96. The molecule has 1 aromatic carbocycles. The summed E-state index contributed by atoms with van der Waals surface area (Å²) < 4.78 is 4.89. The Bertz CT molecular complexity index is 567. The molecular formula is C17H20N2O2. The number of carbonyl (C=O) groups excluding carboxylic acids is 1. The maximum absolute atomic E-state index is 11.9. The van der Waals surface area contributed by atoms with Crippen LogP contribution in [0.5, 0.6) is 0 Å². The summed E-state index contributed by atoms with van der Waals surface area (Å²) in [7, 11) is 1.42. The van der Waals surface area contributed by atoms with Crippen LogP contribution in [0.15, 0.2) is 48.7 Å². The molecule has 0 saturated heterocycles. The fourth-order valence-corrected chi connectivity index (χ4v) is 2.13. The van der Waals surface area contributed by atoms with Gasteiger partial charge in [-0.2, -0.15) is 0 Å². The lowest BCUT2D eigenvalue weighted by atomic mass is 9.99. The third-order valence-corrected chi connectivity index (χ3v) is 3.34. The number of carbonyl (C=O) groups is 1. The highest BCUT2D eigenvalue weighted by atomic mass is 16.5. The second-order valence-corrected chi connectivity index (χ2v) is 4.93. The second kappa shape index (κ2) is 7.55. The molecule has 1 atom stereocenters. The molecule has 0 fully saturated rings. The number of nitrogens with one attached hydrogen (secondary N) is 1. The van der Waals surface area contributed by atoms with Gasteiger partial charge in [-0.15, -0.1) is 0 Å². The number of aromatic nitrogens is 1. The van der Waals surface area contributed by atoms with Gasteiger partial charge >= 0.3 is 5.97 Å². The summed E-state index contributed by atoms with van der Waals surface area (Å²) in [5.74, 6) is -0.523. The van der Waals surface area contributed by atoms with Crippen LogP contribution < -0.4 is 5.32 Å². The van der Waals surface area contributed by atoms with Crippen LogP contribution in [0.3, 0.4) is 0 Å². The molecule has 2 aromatic rings. The topological polar surface area (TPSA) is 51.2 Å². The molecule has 1 aromatic heterocycles. The van der Waals surface area contributed by atoms with Crippen molar-refractivity contribution in [1.29, 1.82) is 0 Å². The molecule has 0 aliphatic carbocycles. The zero-order chi connectivity index (χ0) is 15.1. The minimum absolute atomic E-state index is 0.226. The van der Waals surface area contributed by atoms with E-state index in [2.05, 4.69) is 10.3 Å². The summed E-state index contributed by atoms with van der Waals surface area (Å²) in [5.41, 5.74) is 3.05. The minimum Gasteiger partial charge on any atom is -0.469 e. The van der Waals surface area contributed by atoms with Crippen molar-refractivity contribution < 1.29 is 9.53 Å². The summed E-state index contributed by atoms with van der Waals surface area (Å²) in [6.45, 7) is 3.16. The molecule has 0 aliphatic rings. The molecule has 0 spiro atoms. The Labute approximate surface area is 125 Å². The van der Waals surface area contributed by atoms with Gasteiger partial charge in [0.25, 0.3) is 0 Å². The highest BCUT2D eigenvalue weighted by Crippen LogP contribution is 2.16. The predicted molar refractivity (Wildman–Crippen MR) is 81.9 cm³/mol. The van der Waals surface area contributed by atoms with Gasteiger partial charge in [-0.05, 0) is 24.1 Å². The first kappa shape index (κ1) is 15.2. The van der Waals surface area contributed by atoms with Crippen LogP contribution in [0.2, 0.25) is 0 Å². The number of esters is 1. The number of pyridine rings is 1. The van der Waals surface area contributed by atoms with Gasteiger partial charge in [0.2, 0.25) is 0 Å². The van der Waals surface area contributed by atoms with Crippen LogP contribution in [0, 0.1) is 6.92 Å². The average Bonchev–Trinajstić information content (AvgIpc) is 2.53. The number of aryl methyl sites for hydroxylation is 1. The van der Waals surface area contributed by atoms with Crippen molar-refractivity contribution in [2.75, 3.05) is 13.7 Å². The summed E-state index contributed by atoms with van der Waals surface area (Å²) >= 11 is 0. The number of methoxy groups -OCH3 is 1. The van der Waals surface area contributed by atoms with E-state index in [1.54, 1.807) is 0 Å². The Morgan fingerprint density at radius 2 is 2.00 bits per heavy atom. The summed E-state index contributed by atoms with van der Waals surface area (Å²) in [4.78, 5) is 16.2. The number of hydrogen-bond acceptors (Lipinski definition) is 4. The SMILES string of the molecule is COC(=O)C(CNCc1ccc(C)nc1)c1ccccc1. The third-order valence-electron chi connectivity index (χ3n) is 3.34. The van der Waals surface area contributed by atoms with E-state index in [-0.39, 0.29) is 11.9 Å². The molecule has 1 unspecified atom stereocenters. The van der Waals surface area contributed by atoms with E-state index >= 15 is 0 Å². The quantitative estimate of drug-likeness (QED) is 0.828. The van der Waals surface area contributed by atoms with Crippen LogP contribution >= 0.6 is 0 Å². The monoisotopic (exact) mass is 284 g/mol. The molecule has 110 valence electrons. The first-order valence-corrected chi connectivity index (χ1v) is 6.95. The number of ether oxygens (including phenoxy) is 1. The highest BCUT2D eigenvalue weighted by molar-refractivity contribution is 5.78. The predicted octanol–water partition coefficient (Wildman–Crippen LogP) is 2.44. The largest absolute Gasteiger partial charge is 0.469 e. The summed E-state index contributed by atoms with van der Waals surface area (Å²) in [5, 5.41) is 3.29. The van der Waals surface area contributed by atoms with E-state index < -0.39 is 0 Å². The highest BCUT2D eigenvalue weighted by Gasteiger charge is 2.20. The molecule has 0 aliphatic heterocycles. The Kier molecular flexibility index (Phi) is 5.46. The van der Waals surface area contributed by atoms with E-state index in [4.69, 9.17) is 4.74 Å². The van der Waals surface area contributed by atoms with E-state index in [9.17, 15) is 4.79 Å². The second-order valence-electron chi connectivity index (χ2n) is 4.93. The van der Waals surface area contributed by atoms with Crippen molar-refractivity contribution >= 4 is 5.97 Å². The van der Waals surface area contributed by atoms with Crippen LogP contribution in [0.4, 0.5) is 0 Å². The molecule has 1 N–H and O–H groups in total. The molecule has 0 radical (unpaired) electrons. The van der Waals surface area contributed by atoms with Gasteiger partial charge in [-0.25, -0.2) is 0 Å². The molecular weight excluding hydrogens is 264 g/mol. The molecule has 0 amide bonds. The standard InChI is InChI=1S/C17H20N2O2/c1-13-8-9-14(11-19-13)10-18-12-16(17(20)21-2)15-6-4-3-5-7-15/h3-9,11,16,18H,10,12H2,1-2H3. The van der Waals surface area contributed by atoms with Gasteiger partial charge in [0.15, 0.2) is 0 Å². The van der Waals surface area contributed by atoms with Crippen molar-refractivity contribution in [3.05, 3.63) is 65.5 Å². The smallest absolute Gasteiger partial charge is 0.314 e. The van der Waals surface area contributed by atoms with Crippen molar-refractivity contribution in [2.24, 2.45) is 0 Å². The fourth-order valence-electron chi connectivity index (χ4n) is 2.13. The Morgan fingerprint density at radius 1 is 1.24 bits per heavy atom. The lowest BCUT2D eigenvalue weighted by Gasteiger charge is -2.16. The number of hydrogen-bond donors (Lipinski definition) is 1. The van der Waals surface area contributed by atoms with Crippen LogP contribution in [0.1, 0.15) is 22.7 Å². The normalized spacial score (nSPS) is 11.9. The summed E-state index contributed by atoms with van der Waals surface area (Å²) in [6, 6.07) is 13.7. The summed E-state index contributed by atoms with van der Waals surface area (Å²) in [6.07, 6.45) is 1.85.